The summed E-state index contributed by atoms with van der Waals surface area (Å²) in [6, 6.07) is 0. The maximum absolute atomic E-state index is 8.86. The van der Waals surface area contributed by atoms with E-state index in [4.69, 9.17) is 10.2 Å². The zero-order valence-electron chi connectivity index (χ0n) is 6.88. The third-order valence-corrected chi connectivity index (χ3v) is 1.49. The van der Waals surface area contributed by atoms with Crippen molar-refractivity contribution in [2.45, 2.75) is 51.7 Å². The van der Waals surface area contributed by atoms with E-state index in [1.807, 2.05) is 0 Å². The molecule has 0 amide bonds. The van der Waals surface area contributed by atoms with E-state index in [1.165, 1.54) is 0 Å². The van der Waals surface area contributed by atoms with Crippen LogP contribution in [0.3, 0.4) is 0 Å². The molecule has 0 aromatic carbocycles. The van der Waals surface area contributed by atoms with Gasteiger partial charge in [0.2, 0.25) is 0 Å². The third kappa shape index (κ3) is 7.92. The lowest BCUT2D eigenvalue weighted by molar-refractivity contribution is 0.163. The fourth-order valence-corrected chi connectivity index (χ4v) is 0.879. The average Bonchev–Trinajstić information content (AvgIpc) is 1.79. The molecule has 2 atom stereocenters. The van der Waals surface area contributed by atoms with Gasteiger partial charge in [0.15, 0.2) is 0 Å². The van der Waals surface area contributed by atoms with Crippen molar-refractivity contribution in [3.63, 3.8) is 0 Å². The van der Waals surface area contributed by atoms with Crippen LogP contribution in [0.15, 0.2) is 0 Å². The van der Waals surface area contributed by atoms with Crippen LogP contribution >= 0.6 is 0 Å². The summed E-state index contributed by atoms with van der Waals surface area (Å²) in [5.41, 5.74) is 0. The summed E-state index contributed by atoms with van der Waals surface area (Å²) in [5.74, 6) is 0. The minimum Gasteiger partial charge on any atom is -0.393 e. The van der Waals surface area contributed by atoms with Crippen LogP contribution in [0.25, 0.3) is 0 Å². The Morgan fingerprint density at radius 1 is 0.900 bits per heavy atom. The van der Waals surface area contributed by atoms with E-state index >= 15 is 0 Å². The van der Waals surface area contributed by atoms with Crippen LogP contribution in [0.1, 0.15) is 39.5 Å². The van der Waals surface area contributed by atoms with E-state index in [0.717, 1.165) is 25.7 Å². The number of rotatable bonds is 5. The standard InChI is InChI=1S/C8H18O2/c1-7(9)5-3-4-6-8(2)10/h7-10H,3-6H2,1-2H3/t7-,8-/m1/s1. The molecule has 0 rings (SSSR count). The van der Waals surface area contributed by atoms with Gasteiger partial charge >= 0.3 is 0 Å². The van der Waals surface area contributed by atoms with Gasteiger partial charge in [-0.3, -0.25) is 0 Å². The molecular formula is C8H18O2. The molecule has 62 valence electrons. The molecule has 2 N–H and O–H groups in total. The van der Waals surface area contributed by atoms with Crippen molar-refractivity contribution in [1.29, 1.82) is 0 Å². The normalized spacial score (nSPS) is 16.8. The minimum absolute atomic E-state index is 0.186. The van der Waals surface area contributed by atoms with Crippen LogP contribution in [0.2, 0.25) is 0 Å². The van der Waals surface area contributed by atoms with Crippen LogP contribution in [0, 0.1) is 0 Å². The summed E-state index contributed by atoms with van der Waals surface area (Å²) in [7, 11) is 0. The summed E-state index contributed by atoms with van der Waals surface area (Å²) in [5, 5.41) is 17.7. The lowest BCUT2D eigenvalue weighted by atomic mass is 10.1. The van der Waals surface area contributed by atoms with Gasteiger partial charge in [-0.25, -0.2) is 0 Å². The Bertz CT molecular complexity index is 59.7. The fraction of sp³-hybridized carbons (Fsp3) is 1.00. The predicted molar refractivity (Wildman–Crippen MR) is 41.8 cm³/mol. The number of aliphatic hydroxyl groups excluding tert-OH is 2. The second-order valence-electron chi connectivity index (χ2n) is 2.98. The Hall–Kier alpha value is -0.0800. The highest BCUT2D eigenvalue weighted by molar-refractivity contribution is 4.51. The van der Waals surface area contributed by atoms with Crippen LogP contribution < -0.4 is 0 Å². The molecule has 0 aliphatic heterocycles. The number of hydrogen-bond acceptors (Lipinski definition) is 2. The molecule has 10 heavy (non-hydrogen) atoms. The third-order valence-electron chi connectivity index (χ3n) is 1.49. The maximum atomic E-state index is 8.86. The fourth-order valence-electron chi connectivity index (χ4n) is 0.879. The molecule has 0 aliphatic rings. The van der Waals surface area contributed by atoms with Gasteiger partial charge in [-0.1, -0.05) is 12.8 Å². The second kappa shape index (κ2) is 5.69. The first-order valence-corrected chi connectivity index (χ1v) is 3.99. The van der Waals surface area contributed by atoms with Gasteiger partial charge in [0.1, 0.15) is 0 Å². The summed E-state index contributed by atoms with van der Waals surface area (Å²) in [4.78, 5) is 0. The Morgan fingerprint density at radius 3 is 1.40 bits per heavy atom. The van der Waals surface area contributed by atoms with Gasteiger partial charge in [0.05, 0.1) is 12.2 Å². The monoisotopic (exact) mass is 146 g/mol. The molecule has 0 spiro atoms. The van der Waals surface area contributed by atoms with Crippen molar-refractivity contribution >= 4 is 0 Å². The van der Waals surface area contributed by atoms with Gasteiger partial charge < -0.3 is 10.2 Å². The Balaban J connectivity index is 2.91. The Morgan fingerprint density at radius 2 is 1.20 bits per heavy atom. The summed E-state index contributed by atoms with van der Waals surface area (Å²) >= 11 is 0. The number of hydrogen-bond donors (Lipinski definition) is 2. The van der Waals surface area contributed by atoms with Gasteiger partial charge in [-0.05, 0) is 26.7 Å². The first-order chi connectivity index (χ1) is 4.63. The van der Waals surface area contributed by atoms with E-state index in [1.54, 1.807) is 13.8 Å². The molecule has 0 bridgehead atoms. The molecule has 0 saturated carbocycles. The molecule has 0 aromatic rings. The highest BCUT2D eigenvalue weighted by atomic mass is 16.3. The molecule has 0 aliphatic carbocycles. The Labute approximate surface area is 62.9 Å². The van der Waals surface area contributed by atoms with Crippen molar-refractivity contribution < 1.29 is 10.2 Å². The molecule has 2 nitrogen and oxygen atoms in total. The first-order valence-electron chi connectivity index (χ1n) is 3.99. The molecule has 0 fully saturated rings. The highest BCUT2D eigenvalue weighted by Crippen LogP contribution is 2.04. The molecule has 0 unspecified atom stereocenters. The van der Waals surface area contributed by atoms with Crippen molar-refractivity contribution in [2.24, 2.45) is 0 Å². The molecule has 0 heterocycles. The van der Waals surface area contributed by atoms with Crippen molar-refractivity contribution in [2.75, 3.05) is 0 Å². The lowest BCUT2D eigenvalue weighted by Gasteiger charge is -2.04. The van der Waals surface area contributed by atoms with Gasteiger partial charge in [-0.15, -0.1) is 0 Å². The summed E-state index contributed by atoms with van der Waals surface area (Å²) in [6.45, 7) is 3.59. The van der Waals surface area contributed by atoms with Crippen molar-refractivity contribution in [1.82, 2.24) is 0 Å². The van der Waals surface area contributed by atoms with Crippen LogP contribution in [-0.2, 0) is 0 Å². The largest absolute Gasteiger partial charge is 0.393 e. The molecule has 0 radical (unpaired) electrons. The van der Waals surface area contributed by atoms with E-state index in [0.29, 0.717) is 0 Å². The average molecular weight is 146 g/mol. The topological polar surface area (TPSA) is 40.5 Å². The molecule has 2 heteroatoms. The van der Waals surface area contributed by atoms with Gasteiger partial charge in [-0.2, -0.15) is 0 Å². The highest BCUT2D eigenvalue weighted by Gasteiger charge is 1.97. The summed E-state index contributed by atoms with van der Waals surface area (Å²) in [6.07, 6.45) is 3.37. The van der Waals surface area contributed by atoms with Crippen LogP contribution in [-0.4, -0.2) is 22.4 Å². The quantitative estimate of drug-likeness (QED) is 0.574. The maximum Gasteiger partial charge on any atom is 0.0512 e. The number of aliphatic hydroxyl groups is 2. The molecule has 0 saturated heterocycles. The minimum atomic E-state index is -0.186. The van der Waals surface area contributed by atoms with Gasteiger partial charge in [0, 0.05) is 0 Å². The van der Waals surface area contributed by atoms with E-state index in [2.05, 4.69) is 0 Å². The van der Waals surface area contributed by atoms with E-state index in [9.17, 15) is 0 Å². The summed E-state index contributed by atoms with van der Waals surface area (Å²) < 4.78 is 0. The van der Waals surface area contributed by atoms with Crippen molar-refractivity contribution in [3.8, 4) is 0 Å². The smallest absolute Gasteiger partial charge is 0.0512 e. The van der Waals surface area contributed by atoms with E-state index in [-0.39, 0.29) is 12.2 Å². The zero-order chi connectivity index (χ0) is 7.98. The lowest BCUT2D eigenvalue weighted by Crippen LogP contribution is -2.02. The van der Waals surface area contributed by atoms with E-state index < -0.39 is 0 Å². The van der Waals surface area contributed by atoms with Crippen LogP contribution in [0.5, 0.6) is 0 Å². The molecule has 0 aromatic heterocycles. The van der Waals surface area contributed by atoms with Crippen molar-refractivity contribution in [3.05, 3.63) is 0 Å². The molecular weight excluding hydrogens is 128 g/mol. The second-order valence-corrected chi connectivity index (χ2v) is 2.98. The van der Waals surface area contributed by atoms with Gasteiger partial charge in [0.25, 0.3) is 0 Å². The van der Waals surface area contributed by atoms with Crippen LogP contribution in [0.4, 0.5) is 0 Å². The Kier molecular flexibility index (Phi) is 5.64. The first kappa shape index (κ1) is 9.92. The number of unbranched alkanes of at least 4 members (excludes halogenated alkanes) is 1. The predicted octanol–water partition coefficient (Wildman–Crippen LogP) is 1.31. The zero-order valence-corrected chi connectivity index (χ0v) is 6.88. The SMILES string of the molecule is C[C@@H](O)CCCC[C@@H](C)O.